The van der Waals surface area contributed by atoms with Crippen LogP contribution in [0.15, 0.2) is 66.7 Å². The highest BCUT2D eigenvalue weighted by atomic mass is 35.5. The minimum Gasteiger partial charge on any atom is -0.332 e. The van der Waals surface area contributed by atoms with E-state index in [1.165, 1.54) is 6.07 Å². The second-order valence-electron chi connectivity index (χ2n) is 5.84. The number of nitro benzene ring substituents is 1. The summed E-state index contributed by atoms with van der Waals surface area (Å²) >= 11 is 11.5. The van der Waals surface area contributed by atoms with Gasteiger partial charge in [-0.05, 0) is 60.6 Å². The number of hydrogen-bond donors (Lipinski definition) is 2. The zero-order chi connectivity index (χ0) is 19.4. The molecule has 7 heteroatoms. The first-order valence-electron chi connectivity index (χ1n) is 8.12. The number of halogens is 1. The van der Waals surface area contributed by atoms with Gasteiger partial charge in [0.2, 0.25) is 0 Å². The predicted molar refractivity (Wildman–Crippen MR) is 115 cm³/mol. The molecule has 0 aliphatic heterocycles. The van der Waals surface area contributed by atoms with Gasteiger partial charge >= 0.3 is 0 Å². The summed E-state index contributed by atoms with van der Waals surface area (Å²) in [6, 6.07) is 19.5. The Hall–Kier alpha value is -2.96. The van der Waals surface area contributed by atoms with E-state index in [0.717, 1.165) is 22.5 Å². The third-order valence-corrected chi connectivity index (χ3v) is 4.68. The number of anilines is 2. The summed E-state index contributed by atoms with van der Waals surface area (Å²) in [6.07, 6.45) is 0. The van der Waals surface area contributed by atoms with Gasteiger partial charge in [-0.1, -0.05) is 41.9 Å². The molecule has 0 saturated heterocycles. The number of hydrogen-bond acceptors (Lipinski definition) is 3. The molecule has 0 aliphatic carbocycles. The lowest BCUT2D eigenvalue weighted by Crippen LogP contribution is -2.19. The lowest BCUT2D eigenvalue weighted by atomic mass is 10.0. The van der Waals surface area contributed by atoms with Gasteiger partial charge in [0.1, 0.15) is 0 Å². The second kappa shape index (κ2) is 8.16. The molecule has 0 fully saturated rings. The van der Waals surface area contributed by atoms with Gasteiger partial charge in [-0.3, -0.25) is 10.1 Å². The van der Waals surface area contributed by atoms with Crippen molar-refractivity contribution in [3.63, 3.8) is 0 Å². The Balaban J connectivity index is 1.74. The molecule has 2 N–H and O–H groups in total. The van der Waals surface area contributed by atoms with E-state index in [9.17, 15) is 10.1 Å². The average molecular weight is 398 g/mol. The summed E-state index contributed by atoms with van der Waals surface area (Å²) in [5.74, 6) is 0. The Labute approximate surface area is 167 Å². The minimum atomic E-state index is -0.381. The first-order chi connectivity index (χ1) is 13.0. The standard InChI is InChI=1S/C20H16ClN3O2S/c1-13-17(21)6-4-7-18(13)23-20(27)22-15-11-9-14(10-12-15)16-5-2-3-8-19(16)24(25)26/h2-12H,1H3,(H2,22,23,27). The van der Waals surface area contributed by atoms with E-state index >= 15 is 0 Å². The highest BCUT2D eigenvalue weighted by molar-refractivity contribution is 7.80. The van der Waals surface area contributed by atoms with Crippen molar-refractivity contribution in [2.75, 3.05) is 10.6 Å². The third-order valence-electron chi connectivity index (χ3n) is 4.07. The SMILES string of the molecule is Cc1c(Cl)cccc1NC(=S)Nc1ccc(-c2ccccc2[N+](=O)[O-])cc1. The molecular weight excluding hydrogens is 382 g/mol. The molecule has 0 spiro atoms. The fourth-order valence-corrected chi connectivity index (χ4v) is 3.04. The summed E-state index contributed by atoms with van der Waals surface area (Å²) in [5, 5.41) is 18.5. The molecule has 0 heterocycles. The first-order valence-corrected chi connectivity index (χ1v) is 8.91. The molecule has 0 bridgehead atoms. The predicted octanol–water partition coefficient (Wildman–Crippen LogP) is 6.03. The summed E-state index contributed by atoms with van der Waals surface area (Å²) in [5.41, 5.74) is 3.93. The molecule has 0 radical (unpaired) electrons. The van der Waals surface area contributed by atoms with E-state index in [2.05, 4.69) is 10.6 Å². The molecule has 0 atom stereocenters. The van der Waals surface area contributed by atoms with Gasteiger partial charge in [0.15, 0.2) is 5.11 Å². The van der Waals surface area contributed by atoms with Gasteiger partial charge in [-0.25, -0.2) is 0 Å². The highest BCUT2D eigenvalue weighted by Crippen LogP contribution is 2.30. The molecule has 3 aromatic carbocycles. The van der Waals surface area contributed by atoms with E-state index in [1.54, 1.807) is 18.2 Å². The van der Waals surface area contributed by atoms with Crippen LogP contribution in [-0.4, -0.2) is 10.0 Å². The summed E-state index contributed by atoms with van der Waals surface area (Å²) in [4.78, 5) is 10.8. The Bertz CT molecular complexity index is 1010. The Kier molecular flexibility index (Phi) is 5.69. The molecular formula is C20H16ClN3O2S. The van der Waals surface area contributed by atoms with Crippen molar-refractivity contribution in [3.8, 4) is 11.1 Å². The Morgan fingerprint density at radius 1 is 1.00 bits per heavy atom. The van der Waals surface area contributed by atoms with Crippen molar-refractivity contribution < 1.29 is 4.92 Å². The van der Waals surface area contributed by atoms with Gasteiger partial charge in [-0.2, -0.15) is 0 Å². The summed E-state index contributed by atoms with van der Waals surface area (Å²) in [6.45, 7) is 1.91. The minimum absolute atomic E-state index is 0.0758. The van der Waals surface area contributed by atoms with Crippen LogP contribution in [0.25, 0.3) is 11.1 Å². The van der Waals surface area contributed by atoms with E-state index in [0.29, 0.717) is 15.7 Å². The van der Waals surface area contributed by atoms with Crippen LogP contribution in [0.4, 0.5) is 17.1 Å². The second-order valence-corrected chi connectivity index (χ2v) is 6.66. The van der Waals surface area contributed by atoms with Crippen LogP contribution in [0.1, 0.15) is 5.56 Å². The maximum atomic E-state index is 11.2. The number of nitrogens with zero attached hydrogens (tertiary/aromatic N) is 1. The molecule has 0 saturated carbocycles. The van der Waals surface area contributed by atoms with Crippen molar-refractivity contribution in [1.29, 1.82) is 0 Å². The van der Waals surface area contributed by atoms with Crippen LogP contribution in [0.5, 0.6) is 0 Å². The Morgan fingerprint density at radius 3 is 2.41 bits per heavy atom. The van der Waals surface area contributed by atoms with Crippen molar-refractivity contribution in [3.05, 3.63) is 87.4 Å². The van der Waals surface area contributed by atoms with Crippen molar-refractivity contribution in [2.24, 2.45) is 0 Å². The normalized spacial score (nSPS) is 10.3. The molecule has 27 heavy (non-hydrogen) atoms. The van der Waals surface area contributed by atoms with Crippen molar-refractivity contribution >= 4 is 46.0 Å². The summed E-state index contributed by atoms with van der Waals surface area (Å²) < 4.78 is 0. The molecule has 136 valence electrons. The van der Waals surface area contributed by atoms with E-state index in [1.807, 2.05) is 49.4 Å². The largest absolute Gasteiger partial charge is 0.332 e. The van der Waals surface area contributed by atoms with Gasteiger partial charge in [0.25, 0.3) is 5.69 Å². The lowest BCUT2D eigenvalue weighted by Gasteiger charge is -2.13. The zero-order valence-electron chi connectivity index (χ0n) is 14.4. The number of rotatable bonds is 4. The first kappa shape index (κ1) is 18.8. The number of thiocarbonyl (C=S) groups is 1. The van der Waals surface area contributed by atoms with Crippen molar-refractivity contribution in [2.45, 2.75) is 6.92 Å². The molecule has 0 amide bonds. The van der Waals surface area contributed by atoms with Crippen LogP contribution in [0.2, 0.25) is 5.02 Å². The van der Waals surface area contributed by atoms with Crippen LogP contribution in [-0.2, 0) is 0 Å². The van der Waals surface area contributed by atoms with Gasteiger partial charge < -0.3 is 10.6 Å². The van der Waals surface area contributed by atoms with Crippen LogP contribution in [0.3, 0.4) is 0 Å². The quantitative estimate of drug-likeness (QED) is 0.319. The van der Waals surface area contributed by atoms with Crippen molar-refractivity contribution in [1.82, 2.24) is 0 Å². The lowest BCUT2D eigenvalue weighted by molar-refractivity contribution is -0.384. The van der Waals surface area contributed by atoms with E-state index in [-0.39, 0.29) is 10.6 Å². The number of para-hydroxylation sites is 1. The van der Waals surface area contributed by atoms with Gasteiger partial charge in [-0.15, -0.1) is 0 Å². The van der Waals surface area contributed by atoms with Crippen LogP contribution < -0.4 is 10.6 Å². The topological polar surface area (TPSA) is 67.2 Å². The highest BCUT2D eigenvalue weighted by Gasteiger charge is 2.14. The molecule has 0 aliphatic rings. The molecule has 0 aromatic heterocycles. The fourth-order valence-electron chi connectivity index (χ4n) is 2.64. The molecule has 0 unspecified atom stereocenters. The maximum absolute atomic E-state index is 11.2. The smallest absolute Gasteiger partial charge is 0.277 e. The maximum Gasteiger partial charge on any atom is 0.277 e. The molecule has 5 nitrogen and oxygen atoms in total. The van der Waals surface area contributed by atoms with Gasteiger partial charge in [0.05, 0.1) is 10.5 Å². The average Bonchev–Trinajstić information content (AvgIpc) is 2.66. The van der Waals surface area contributed by atoms with E-state index in [4.69, 9.17) is 23.8 Å². The third kappa shape index (κ3) is 4.42. The van der Waals surface area contributed by atoms with Gasteiger partial charge in [0, 0.05) is 22.5 Å². The van der Waals surface area contributed by atoms with Crippen LogP contribution in [0, 0.1) is 17.0 Å². The fraction of sp³-hybridized carbons (Fsp3) is 0.0500. The van der Waals surface area contributed by atoms with Crippen LogP contribution >= 0.6 is 23.8 Å². The number of nitrogens with one attached hydrogen (secondary N) is 2. The monoisotopic (exact) mass is 397 g/mol. The molecule has 3 aromatic rings. The zero-order valence-corrected chi connectivity index (χ0v) is 16.0. The summed E-state index contributed by atoms with van der Waals surface area (Å²) in [7, 11) is 0. The number of nitro groups is 1. The number of benzene rings is 3. The molecule has 3 rings (SSSR count). The van der Waals surface area contributed by atoms with E-state index < -0.39 is 0 Å². The Morgan fingerprint density at radius 2 is 1.70 bits per heavy atom.